The summed E-state index contributed by atoms with van der Waals surface area (Å²) in [6.07, 6.45) is 1.59. The molecule has 0 saturated carbocycles. The van der Waals surface area contributed by atoms with Crippen LogP contribution in [0.3, 0.4) is 0 Å². The van der Waals surface area contributed by atoms with Gasteiger partial charge in [0.15, 0.2) is 6.61 Å². The summed E-state index contributed by atoms with van der Waals surface area (Å²) < 4.78 is 14.6. The van der Waals surface area contributed by atoms with Gasteiger partial charge in [-0.05, 0) is 57.0 Å². The van der Waals surface area contributed by atoms with Crippen LogP contribution in [0.15, 0.2) is 59.7 Å². The number of anilines is 1. The van der Waals surface area contributed by atoms with Crippen molar-refractivity contribution >= 4 is 17.4 Å². The van der Waals surface area contributed by atoms with E-state index in [1.54, 1.807) is 35.3 Å². The van der Waals surface area contributed by atoms with Gasteiger partial charge in [-0.3, -0.25) is 14.3 Å². The number of benzene rings is 2. The van der Waals surface area contributed by atoms with E-state index < -0.39 is 0 Å². The molecule has 2 aromatic heterocycles. The molecule has 2 aromatic carbocycles. The van der Waals surface area contributed by atoms with Crippen molar-refractivity contribution in [1.82, 2.24) is 19.2 Å². The first-order valence-electron chi connectivity index (χ1n) is 11.0. The van der Waals surface area contributed by atoms with Crippen LogP contribution in [0.5, 0.6) is 11.5 Å². The lowest BCUT2D eigenvalue weighted by molar-refractivity contribution is -0.118. The first-order chi connectivity index (χ1) is 16.3. The third-order valence-corrected chi connectivity index (χ3v) is 5.19. The van der Waals surface area contributed by atoms with Crippen molar-refractivity contribution in [2.75, 3.05) is 11.9 Å². The normalized spacial score (nSPS) is 11.1. The van der Waals surface area contributed by atoms with Crippen molar-refractivity contribution in [3.8, 4) is 11.5 Å². The first-order valence-corrected chi connectivity index (χ1v) is 11.0. The predicted molar refractivity (Wildman–Crippen MR) is 128 cm³/mol. The fourth-order valence-corrected chi connectivity index (χ4v) is 3.44. The van der Waals surface area contributed by atoms with Crippen LogP contribution in [0.25, 0.3) is 5.78 Å². The number of aromatic nitrogens is 4. The SMILES string of the molecule is Cc1ccc(C)c(OCC(=O)Nc2cccc(OCc3cc(=O)n4c(ncn4C(C)C)n3)c2)c1. The Hall–Kier alpha value is -4.14. The Morgan fingerprint density at radius 2 is 1.91 bits per heavy atom. The molecule has 0 atom stereocenters. The highest BCUT2D eigenvalue weighted by Crippen LogP contribution is 2.20. The van der Waals surface area contributed by atoms with Crippen LogP contribution >= 0.6 is 0 Å². The second-order valence-corrected chi connectivity index (χ2v) is 8.34. The molecular weight excluding hydrogens is 434 g/mol. The zero-order chi connectivity index (χ0) is 24.2. The molecule has 9 heteroatoms. The maximum atomic E-state index is 12.5. The number of aryl methyl sites for hydroxylation is 2. The van der Waals surface area contributed by atoms with Gasteiger partial charge in [0.05, 0.1) is 5.69 Å². The van der Waals surface area contributed by atoms with Gasteiger partial charge in [0.2, 0.25) is 0 Å². The van der Waals surface area contributed by atoms with Crippen LogP contribution < -0.4 is 20.3 Å². The molecule has 0 aliphatic heterocycles. The molecule has 34 heavy (non-hydrogen) atoms. The van der Waals surface area contributed by atoms with Crippen LogP contribution in [0.1, 0.15) is 36.7 Å². The number of ether oxygens (including phenoxy) is 2. The highest BCUT2D eigenvalue weighted by molar-refractivity contribution is 5.92. The number of hydrogen-bond donors (Lipinski definition) is 1. The number of carbonyl (C=O) groups excluding carboxylic acids is 1. The van der Waals surface area contributed by atoms with E-state index in [-0.39, 0.29) is 30.7 Å². The van der Waals surface area contributed by atoms with Crippen molar-refractivity contribution in [3.63, 3.8) is 0 Å². The number of amides is 1. The Kier molecular flexibility index (Phi) is 6.62. The summed E-state index contributed by atoms with van der Waals surface area (Å²) in [5, 5.41) is 2.81. The van der Waals surface area contributed by atoms with E-state index in [9.17, 15) is 9.59 Å². The average molecular weight is 462 g/mol. The van der Waals surface area contributed by atoms with E-state index >= 15 is 0 Å². The fourth-order valence-electron chi connectivity index (χ4n) is 3.44. The first kappa shape index (κ1) is 23.0. The molecule has 4 rings (SSSR count). The smallest absolute Gasteiger partial charge is 0.274 e. The van der Waals surface area contributed by atoms with Gasteiger partial charge in [0.1, 0.15) is 24.4 Å². The lowest BCUT2D eigenvalue weighted by Crippen LogP contribution is -2.23. The van der Waals surface area contributed by atoms with Crippen molar-refractivity contribution in [2.24, 2.45) is 0 Å². The van der Waals surface area contributed by atoms with E-state index in [2.05, 4.69) is 15.3 Å². The van der Waals surface area contributed by atoms with E-state index in [0.29, 0.717) is 28.7 Å². The zero-order valence-electron chi connectivity index (χ0n) is 19.6. The Bertz CT molecular complexity index is 1390. The minimum Gasteiger partial charge on any atom is -0.487 e. The van der Waals surface area contributed by atoms with Crippen LogP contribution in [-0.2, 0) is 11.4 Å². The van der Waals surface area contributed by atoms with E-state index in [0.717, 1.165) is 11.1 Å². The largest absolute Gasteiger partial charge is 0.487 e. The van der Waals surface area contributed by atoms with Crippen molar-refractivity contribution < 1.29 is 14.3 Å². The van der Waals surface area contributed by atoms with Gasteiger partial charge in [-0.2, -0.15) is 9.50 Å². The second-order valence-electron chi connectivity index (χ2n) is 8.34. The summed E-state index contributed by atoms with van der Waals surface area (Å²) in [5.74, 6) is 1.26. The van der Waals surface area contributed by atoms with E-state index in [1.807, 2.05) is 45.9 Å². The van der Waals surface area contributed by atoms with Gasteiger partial charge in [0.25, 0.3) is 17.2 Å². The van der Waals surface area contributed by atoms with Crippen molar-refractivity contribution in [1.29, 1.82) is 0 Å². The van der Waals surface area contributed by atoms with Gasteiger partial charge in [-0.1, -0.05) is 18.2 Å². The number of rotatable bonds is 8. The maximum absolute atomic E-state index is 12.5. The topological polar surface area (TPSA) is 99.7 Å². The standard InChI is InChI=1S/C25H27N5O4/c1-16(2)29-15-26-25-28-20(12-24(32)30(25)29)13-33-21-7-5-6-19(11-21)27-23(31)14-34-22-10-17(3)8-9-18(22)4/h5-12,15-16H,13-14H2,1-4H3,(H,27,31). The molecule has 9 nitrogen and oxygen atoms in total. The van der Waals surface area contributed by atoms with Crippen LogP contribution in [-0.4, -0.2) is 31.7 Å². The van der Waals surface area contributed by atoms with Gasteiger partial charge in [0, 0.05) is 23.9 Å². The Labute approximate surface area is 197 Å². The second kappa shape index (κ2) is 9.78. The van der Waals surface area contributed by atoms with Gasteiger partial charge in [-0.15, -0.1) is 0 Å². The highest BCUT2D eigenvalue weighted by Gasteiger charge is 2.11. The molecule has 4 aromatic rings. The zero-order valence-corrected chi connectivity index (χ0v) is 19.6. The third-order valence-electron chi connectivity index (χ3n) is 5.19. The molecule has 0 unspecified atom stereocenters. The molecule has 176 valence electrons. The minimum atomic E-state index is -0.279. The fraction of sp³-hybridized carbons (Fsp3) is 0.280. The summed E-state index contributed by atoms with van der Waals surface area (Å²) in [6.45, 7) is 7.82. The average Bonchev–Trinajstić information content (AvgIpc) is 3.24. The number of fused-ring (bicyclic) bond motifs is 1. The molecule has 0 bridgehead atoms. The molecule has 0 saturated heterocycles. The van der Waals surface area contributed by atoms with Crippen LogP contribution in [0, 0.1) is 13.8 Å². The molecule has 0 radical (unpaired) electrons. The molecule has 2 heterocycles. The minimum absolute atomic E-state index is 0.0794. The highest BCUT2D eigenvalue weighted by atomic mass is 16.5. The molecule has 1 N–H and O–H groups in total. The van der Waals surface area contributed by atoms with E-state index in [1.165, 1.54) is 10.6 Å². The molecule has 0 aliphatic carbocycles. The lowest BCUT2D eigenvalue weighted by atomic mass is 10.1. The molecule has 1 amide bonds. The summed E-state index contributed by atoms with van der Waals surface area (Å²) in [5.41, 5.74) is 2.85. The summed E-state index contributed by atoms with van der Waals surface area (Å²) >= 11 is 0. The number of hydrogen-bond acceptors (Lipinski definition) is 6. The van der Waals surface area contributed by atoms with Crippen LogP contribution in [0.4, 0.5) is 5.69 Å². The van der Waals surface area contributed by atoms with Crippen molar-refractivity contribution in [2.45, 2.75) is 40.3 Å². The van der Waals surface area contributed by atoms with Gasteiger partial charge in [-0.25, -0.2) is 4.98 Å². The van der Waals surface area contributed by atoms with E-state index in [4.69, 9.17) is 9.47 Å². The maximum Gasteiger partial charge on any atom is 0.274 e. The summed E-state index contributed by atoms with van der Waals surface area (Å²) in [4.78, 5) is 33.5. The number of nitrogens with one attached hydrogen (secondary N) is 1. The Morgan fingerprint density at radius 1 is 1.09 bits per heavy atom. The molecule has 0 aliphatic rings. The van der Waals surface area contributed by atoms with Gasteiger partial charge >= 0.3 is 0 Å². The van der Waals surface area contributed by atoms with Gasteiger partial charge < -0.3 is 14.8 Å². The summed E-state index contributed by atoms with van der Waals surface area (Å²) in [6, 6.07) is 14.4. The lowest BCUT2D eigenvalue weighted by Gasteiger charge is -2.12. The monoisotopic (exact) mass is 461 g/mol. The third kappa shape index (κ3) is 5.25. The molecule has 0 spiro atoms. The van der Waals surface area contributed by atoms with Crippen molar-refractivity contribution in [3.05, 3.63) is 82.0 Å². The van der Waals surface area contributed by atoms with Crippen LogP contribution in [0.2, 0.25) is 0 Å². The predicted octanol–water partition coefficient (Wildman–Crippen LogP) is 3.69. The number of nitrogens with zero attached hydrogens (tertiary/aromatic N) is 4. The molecular formula is C25H27N5O4. The molecule has 0 fully saturated rings. The quantitative estimate of drug-likeness (QED) is 0.430. The Morgan fingerprint density at radius 3 is 2.71 bits per heavy atom. The number of carbonyl (C=O) groups is 1. The summed E-state index contributed by atoms with van der Waals surface area (Å²) in [7, 11) is 0. The Balaban J connectivity index is 1.37.